The molecule has 5 nitrogen and oxygen atoms in total. The van der Waals surface area contributed by atoms with Crippen LogP contribution in [0.1, 0.15) is 23.2 Å². The van der Waals surface area contributed by atoms with Crippen LogP contribution in [0.25, 0.3) is 0 Å². The van der Waals surface area contributed by atoms with Crippen molar-refractivity contribution in [1.29, 1.82) is 0 Å². The molecule has 0 aromatic carbocycles. The third-order valence-electron chi connectivity index (χ3n) is 3.46. The molecule has 0 spiro atoms. The first kappa shape index (κ1) is 14.1. The summed E-state index contributed by atoms with van der Waals surface area (Å²) in [6.45, 7) is 1.56. The third-order valence-corrected chi connectivity index (χ3v) is 3.65. The van der Waals surface area contributed by atoms with Gasteiger partial charge in [-0.25, -0.2) is 4.98 Å². The Morgan fingerprint density at radius 1 is 1.53 bits per heavy atom. The maximum atomic E-state index is 12.4. The Bertz CT molecular complexity index is 459. The van der Waals surface area contributed by atoms with Crippen LogP contribution in [0.3, 0.4) is 0 Å². The van der Waals surface area contributed by atoms with E-state index in [1.807, 2.05) is 0 Å². The molecule has 0 bridgehead atoms. The number of aliphatic hydroxyl groups is 1. The molecule has 1 aromatic rings. The van der Waals surface area contributed by atoms with Crippen LogP contribution in [0.4, 0.5) is 5.82 Å². The average molecular weight is 284 g/mol. The Balaban J connectivity index is 2.09. The number of piperidine rings is 1. The summed E-state index contributed by atoms with van der Waals surface area (Å²) in [6.07, 6.45) is 1.69. The van der Waals surface area contributed by atoms with Crippen molar-refractivity contribution in [2.24, 2.45) is 5.92 Å². The second-order valence-electron chi connectivity index (χ2n) is 4.73. The lowest BCUT2D eigenvalue weighted by Crippen LogP contribution is -2.39. The van der Waals surface area contributed by atoms with Crippen molar-refractivity contribution in [3.05, 3.63) is 22.8 Å². The van der Waals surface area contributed by atoms with Crippen LogP contribution in [0, 0.1) is 5.92 Å². The second-order valence-corrected chi connectivity index (χ2v) is 5.12. The summed E-state index contributed by atoms with van der Waals surface area (Å²) in [4.78, 5) is 18.2. The quantitative estimate of drug-likeness (QED) is 0.828. The number of carbonyl (C=O) groups excluding carboxylic acids is 1. The minimum Gasteiger partial charge on any atom is -0.396 e. The highest BCUT2D eigenvalue weighted by Crippen LogP contribution is 2.20. The maximum Gasteiger partial charge on any atom is 0.254 e. The predicted molar refractivity (Wildman–Crippen MR) is 74.5 cm³/mol. The molecule has 0 aliphatic carbocycles. The van der Waals surface area contributed by atoms with Crippen LogP contribution in [-0.2, 0) is 0 Å². The molecule has 104 valence electrons. The van der Waals surface area contributed by atoms with E-state index in [0.29, 0.717) is 35.5 Å². The van der Waals surface area contributed by atoms with Crippen molar-refractivity contribution in [3.63, 3.8) is 0 Å². The number of nitrogens with zero attached hydrogens (tertiary/aromatic N) is 2. The van der Waals surface area contributed by atoms with Gasteiger partial charge in [0.2, 0.25) is 0 Å². The zero-order chi connectivity index (χ0) is 13.8. The molecular weight excluding hydrogens is 266 g/mol. The lowest BCUT2D eigenvalue weighted by Gasteiger charge is -2.31. The van der Waals surface area contributed by atoms with E-state index in [1.165, 1.54) is 0 Å². The first-order chi connectivity index (χ1) is 9.13. The molecule has 1 amide bonds. The first-order valence-corrected chi connectivity index (χ1v) is 6.77. The Kier molecular flexibility index (Phi) is 4.61. The second kappa shape index (κ2) is 6.21. The van der Waals surface area contributed by atoms with E-state index in [2.05, 4.69) is 10.3 Å². The topological polar surface area (TPSA) is 65.5 Å². The van der Waals surface area contributed by atoms with Gasteiger partial charge in [0.1, 0.15) is 11.0 Å². The zero-order valence-electron chi connectivity index (χ0n) is 10.9. The normalized spacial score (nSPS) is 16.5. The smallest absolute Gasteiger partial charge is 0.254 e. The number of hydrogen-bond acceptors (Lipinski definition) is 4. The van der Waals surface area contributed by atoms with Gasteiger partial charge < -0.3 is 15.3 Å². The predicted octanol–water partition coefficient (Wildman–Crippen LogP) is 1.62. The summed E-state index contributed by atoms with van der Waals surface area (Å²) < 4.78 is 0. The van der Waals surface area contributed by atoms with Gasteiger partial charge in [0.15, 0.2) is 0 Å². The van der Waals surface area contributed by atoms with E-state index >= 15 is 0 Å². The zero-order valence-corrected chi connectivity index (χ0v) is 11.7. The van der Waals surface area contributed by atoms with E-state index in [0.717, 1.165) is 12.8 Å². The van der Waals surface area contributed by atoms with Crippen molar-refractivity contribution >= 4 is 23.3 Å². The number of carbonyl (C=O) groups is 1. The molecule has 1 aliphatic heterocycles. The van der Waals surface area contributed by atoms with Gasteiger partial charge in [0.25, 0.3) is 5.91 Å². The molecule has 2 N–H and O–H groups in total. The molecule has 0 radical (unpaired) electrons. The first-order valence-electron chi connectivity index (χ1n) is 6.39. The molecule has 2 rings (SSSR count). The number of aliphatic hydroxyl groups excluding tert-OH is 1. The number of hydrogen-bond donors (Lipinski definition) is 2. The molecular formula is C13H18ClN3O2. The summed E-state index contributed by atoms with van der Waals surface area (Å²) in [5.41, 5.74) is 0.548. The molecule has 0 unspecified atom stereocenters. The van der Waals surface area contributed by atoms with Gasteiger partial charge in [-0.3, -0.25) is 4.79 Å². The molecule has 19 heavy (non-hydrogen) atoms. The lowest BCUT2D eigenvalue weighted by atomic mass is 9.97. The highest BCUT2D eigenvalue weighted by Gasteiger charge is 2.23. The van der Waals surface area contributed by atoms with Crippen molar-refractivity contribution in [2.75, 3.05) is 32.1 Å². The number of halogens is 1. The Morgan fingerprint density at radius 3 is 2.79 bits per heavy atom. The van der Waals surface area contributed by atoms with Gasteiger partial charge in [-0.15, -0.1) is 0 Å². The molecule has 1 saturated heterocycles. The molecule has 0 atom stereocenters. The number of pyridine rings is 1. The highest BCUT2D eigenvalue weighted by molar-refractivity contribution is 6.29. The van der Waals surface area contributed by atoms with E-state index in [-0.39, 0.29) is 12.5 Å². The summed E-state index contributed by atoms with van der Waals surface area (Å²) in [5.74, 6) is 0.872. The Morgan fingerprint density at radius 2 is 2.21 bits per heavy atom. The molecule has 1 fully saturated rings. The number of rotatable bonds is 3. The van der Waals surface area contributed by atoms with Crippen LogP contribution >= 0.6 is 11.6 Å². The molecule has 1 aliphatic rings. The third kappa shape index (κ3) is 3.36. The number of aromatic nitrogens is 1. The molecule has 1 aromatic heterocycles. The molecule has 2 heterocycles. The largest absolute Gasteiger partial charge is 0.396 e. The van der Waals surface area contributed by atoms with Gasteiger partial charge in [-0.2, -0.15) is 0 Å². The summed E-state index contributed by atoms with van der Waals surface area (Å²) in [5, 5.41) is 12.3. The van der Waals surface area contributed by atoms with Gasteiger partial charge >= 0.3 is 0 Å². The van der Waals surface area contributed by atoms with Crippen LogP contribution < -0.4 is 5.32 Å². The number of likely N-dealkylation sites (tertiary alicyclic amines) is 1. The summed E-state index contributed by atoms with van der Waals surface area (Å²) in [6, 6.07) is 3.29. The van der Waals surface area contributed by atoms with Crippen molar-refractivity contribution in [1.82, 2.24) is 9.88 Å². The number of anilines is 1. The average Bonchev–Trinajstić information content (AvgIpc) is 2.46. The maximum absolute atomic E-state index is 12.4. The van der Waals surface area contributed by atoms with E-state index < -0.39 is 0 Å². The fourth-order valence-corrected chi connectivity index (χ4v) is 2.46. The Labute approximate surface area is 117 Å². The highest BCUT2D eigenvalue weighted by atomic mass is 35.5. The summed E-state index contributed by atoms with van der Waals surface area (Å²) >= 11 is 5.90. The van der Waals surface area contributed by atoms with Crippen molar-refractivity contribution in [3.8, 4) is 0 Å². The van der Waals surface area contributed by atoms with Gasteiger partial charge in [-0.05, 0) is 30.9 Å². The van der Waals surface area contributed by atoms with Crippen LogP contribution in [0.2, 0.25) is 5.15 Å². The monoisotopic (exact) mass is 283 g/mol. The van der Waals surface area contributed by atoms with Gasteiger partial charge in [0, 0.05) is 32.3 Å². The van der Waals surface area contributed by atoms with Crippen LogP contribution in [0.15, 0.2) is 12.1 Å². The van der Waals surface area contributed by atoms with E-state index in [1.54, 1.807) is 24.1 Å². The van der Waals surface area contributed by atoms with E-state index in [9.17, 15) is 4.79 Å². The summed E-state index contributed by atoms with van der Waals surface area (Å²) in [7, 11) is 1.74. The fourth-order valence-electron chi connectivity index (χ4n) is 2.25. The minimum absolute atomic E-state index is 0.0304. The van der Waals surface area contributed by atoms with Crippen molar-refractivity contribution < 1.29 is 9.90 Å². The van der Waals surface area contributed by atoms with Crippen LogP contribution in [0.5, 0.6) is 0 Å². The van der Waals surface area contributed by atoms with E-state index in [4.69, 9.17) is 16.7 Å². The van der Waals surface area contributed by atoms with Crippen molar-refractivity contribution in [2.45, 2.75) is 12.8 Å². The number of nitrogens with one attached hydrogen (secondary N) is 1. The fraction of sp³-hybridized carbons (Fsp3) is 0.538. The SMILES string of the molecule is CNc1cc(C(=O)N2CCC(CO)CC2)cc(Cl)n1. The standard InChI is InChI=1S/C13H18ClN3O2/c1-15-12-7-10(6-11(14)16-12)13(19)17-4-2-9(8-18)3-5-17/h6-7,9,18H,2-5,8H2,1H3,(H,15,16). The van der Waals surface area contributed by atoms with Gasteiger partial charge in [0.05, 0.1) is 0 Å². The molecule has 6 heteroatoms. The lowest BCUT2D eigenvalue weighted by molar-refractivity contribution is 0.0651. The number of amides is 1. The molecule has 0 saturated carbocycles. The van der Waals surface area contributed by atoms with Gasteiger partial charge in [-0.1, -0.05) is 11.6 Å². The van der Waals surface area contributed by atoms with Crippen LogP contribution in [-0.4, -0.2) is 47.6 Å². The Hall–Kier alpha value is -1.33. The minimum atomic E-state index is -0.0304.